The van der Waals surface area contributed by atoms with E-state index in [1.807, 2.05) is 19.2 Å². The van der Waals surface area contributed by atoms with Gasteiger partial charge in [0, 0.05) is 5.38 Å². The first-order valence-corrected chi connectivity index (χ1v) is 7.53. The summed E-state index contributed by atoms with van der Waals surface area (Å²) in [5.74, 6) is 0.252. The first-order valence-electron chi connectivity index (χ1n) is 5.17. The van der Waals surface area contributed by atoms with Gasteiger partial charge in [0.2, 0.25) is 0 Å². The van der Waals surface area contributed by atoms with Gasteiger partial charge in [0.25, 0.3) is 10.0 Å². The van der Waals surface area contributed by atoms with Crippen molar-refractivity contribution >= 4 is 32.3 Å². The molecule has 0 atom stereocenters. The Bertz CT molecular complexity index is 643. The van der Waals surface area contributed by atoms with Gasteiger partial charge in [-0.1, -0.05) is 13.8 Å². The lowest BCUT2D eigenvalue weighted by molar-refractivity contribution is 0.601. The molecule has 0 bridgehead atoms. The summed E-state index contributed by atoms with van der Waals surface area (Å²) in [7, 11) is -3.73. The van der Waals surface area contributed by atoms with E-state index in [2.05, 4.69) is 19.9 Å². The number of nitrogens with two attached hydrogens (primary N) is 1. The van der Waals surface area contributed by atoms with Crippen molar-refractivity contribution in [3.63, 3.8) is 0 Å². The molecule has 0 radical (unpaired) electrons. The molecule has 2 aromatic rings. The zero-order chi connectivity index (χ0) is 13.3. The summed E-state index contributed by atoms with van der Waals surface area (Å²) in [6.45, 7) is 3.97. The van der Waals surface area contributed by atoms with Crippen molar-refractivity contribution in [2.24, 2.45) is 0 Å². The zero-order valence-corrected chi connectivity index (χ0v) is 11.5. The van der Waals surface area contributed by atoms with E-state index in [9.17, 15) is 8.42 Å². The van der Waals surface area contributed by atoms with Crippen molar-refractivity contribution in [2.75, 3.05) is 10.5 Å². The van der Waals surface area contributed by atoms with Gasteiger partial charge >= 0.3 is 0 Å². The van der Waals surface area contributed by atoms with Gasteiger partial charge in [-0.2, -0.15) is 5.10 Å². The molecule has 98 valence electrons. The number of rotatable bonds is 4. The van der Waals surface area contributed by atoms with E-state index in [-0.39, 0.29) is 16.6 Å². The third-order valence-corrected chi connectivity index (χ3v) is 4.53. The first-order chi connectivity index (χ1) is 8.40. The van der Waals surface area contributed by atoms with Crippen LogP contribution in [0.25, 0.3) is 0 Å². The lowest BCUT2D eigenvalue weighted by Gasteiger charge is -2.03. The first kappa shape index (κ1) is 12.8. The van der Waals surface area contributed by atoms with Crippen LogP contribution >= 0.6 is 11.3 Å². The van der Waals surface area contributed by atoms with Gasteiger partial charge in [0.05, 0.1) is 11.9 Å². The third-order valence-electron chi connectivity index (χ3n) is 2.26. The van der Waals surface area contributed by atoms with E-state index in [1.165, 1.54) is 11.3 Å². The van der Waals surface area contributed by atoms with Gasteiger partial charge in [-0.25, -0.2) is 13.4 Å². The average Bonchev–Trinajstić information content (AvgIpc) is 2.86. The normalized spacial score (nSPS) is 11.9. The molecule has 0 aromatic carbocycles. The molecule has 7 nitrogen and oxygen atoms in total. The number of nitrogen functional groups attached to an aromatic ring is 1. The molecule has 0 aliphatic heterocycles. The molecule has 4 N–H and O–H groups in total. The van der Waals surface area contributed by atoms with Crippen LogP contribution < -0.4 is 10.5 Å². The molecule has 0 saturated heterocycles. The minimum absolute atomic E-state index is 0.00291. The second-order valence-electron chi connectivity index (χ2n) is 3.99. The summed E-state index contributed by atoms with van der Waals surface area (Å²) >= 11 is 1.24. The monoisotopic (exact) mass is 287 g/mol. The van der Waals surface area contributed by atoms with Gasteiger partial charge in [0.15, 0.2) is 5.13 Å². The maximum absolute atomic E-state index is 12.0. The van der Waals surface area contributed by atoms with Crippen LogP contribution in [0.2, 0.25) is 0 Å². The Morgan fingerprint density at radius 3 is 2.72 bits per heavy atom. The van der Waals surface area contributed by atoms with Crippen LogP contribution in [0, 0.1) is 0 Å². The fourth-order valence-electron chi connectivity index (χ4n) is 1.27. The van der Waals surface area contributed by atoms with Crippen LogP contribution in [0.4, 0.5) is 10.9 Å². The predicted octanol–water partition coefficient (Wildman–Crippen LogP) is 1.37. The van der Waals surface area contributed by atoms with E-state index >= 15 is 0 Å². The van der Waals surface area contributed by atoms with Crippen molar-refractivity contribution in [3.05, 3.63) is 17.3 Å². The molecule has 0 aliphatic rings. The SMILES string of the molecule is CC(C)c1csc(NS(=O)(=O)c2cn[nH]c2N)n1. The highest BCUT2D eigenvalue weighted by molar-refractivity contribution is 7.93. The van der Waals surface area contributed by atoms with Crippen molar-refractivity contribution in [1.82, 2.24) is 15.2 Å². The molecular formula is C9H13N5O2S2. The average molecular weight is 287 g/mol. The molecule has 18 heavy (non-hydrogen) atoms. The van der Waals surface area contributed by atoms with E-state index < -0.39 is 10.0 Å². The van der Waals surface area contributed by atoms with Crippen LogP contribution in [0.1, 0.15) is 25.5 Å². The third kappa shape index (κ3) is 2.46. The quantitative estimate of drug-likeness (QED) is 0.786. The summed E-state index contributed by atoms with van der Waals surface area (Å²) in [5.41, 5.74) is 6.32. The van der Waals surface area contributed by atoms with Crippen molar-refractivity contribution < 1.29 is 8.42 Å². The maximum Gasteiger partial charge on any atom is 0.268 e. The minimum Gasteiger partial charge on any atom is -0.383 e. The lowest BCUT2D eigenvalue weighted by Crippen LogP contribution is -2.13. The summed E-state index contributed by atoms with van der Waals surface area (Å²) in [4.78, 5) is 4.11. The maximum atomic E-state index is 12.0. The topological polar surface area (TPSA) is 114 Å². The van der Waals surface area contributed by atoms with E-state index in [1.54, 1.807) is 0 Å². The molecule has 0 amide bonds. The summed E-state index contributed by atoms with van der Waals surface area (Å²) < 4.78 is 26.3. The molecule has 0 saturated carbocycles. The number of nitrogens with one attached hydrogen (secondary N) is 2. The van der Waals surface area contributed by atoms with Crippen LogP contribution in [0.15, 0.2) is 16.5 Å². The molecule has 2 rings (SSSR count). The highest BCUT2D eigenvalue weighted by atomic mass is 32.2. The second kappa shape index (κ2) is 4.58. The summed E-state index contributed by atoms with van der Waals surface area (Å²) in [5, 5.41) is 8.09. The summed E-state index contributed by atoms with van der Waals surface area (Å²) in [6.07, 6.45) is 1.16. The number of hydrogen-bond donors (Lipinski definition) is 3. The summed E-state index contributed by atoms with van der Waals surface area (Å²) in [6, 6.07) is 0. The molecule has 0 unspecified atom stereocenters. The molecule has 9 heteroatoms. The second-order valence-corrected chi connectivity index (χ2v) is 6.49. The largest absolute Gasteiger partial charge is 0.383 e. The fourth-order valence-corrected chi connectivity index (χ4v) is 3.42. The fraction of sp³-hybridized carbons (Fsp3) is 0.333. The lowest BCUT2D eigenvalue weighted by atomic mass is 10.2. The molecule has 0 aliphatic carbocycles. The van der Waals surface area contributed by atoms with Gasteiger partial charge in [-0.15, -0.1) is 11.3 Å². The zero-order valence-electron chi connectivity index (χ0n) is 9.84. The Morgan fingerprint density at radius 2 is 2.22 bits per heavy atom. The van der Waals surface area contributed by atoms with Crippen LogP contribution in [-0.4, -0.2) is 23.6 Å². The Balaban J connectivity index is 2.25. The van der Waals surface area contributed by atoms with Gasteiger partial charge in [-0.3, -0.25) is 9.82 Å². The number of sulfonamides is 1. The number of anilines is 2. The Hall–Kier alpha value is -1.61. The number of thiazole rings is 1. The minimum atomic E-state index is -3.73. The number of aromatic amines is 1. The van der Waals surface area contributed by atoms with Gasteiger partial charge < -0.3 is 5.73 Å². The van der Waals surface area contributed by atoms with E-state index in [4.69, 9.17) is 5.73 Å². The Morgan fingerprint density at radius 1 is 1.50 bits per heavy atom. The predicted molar refractivity (Wildman–Crippen MR) is 70.0 cm³/mol. The number of H-pyrrole nitrogens is 1. The number of hydrogen-bond acceptors (Lipinski definition) is 6. The molecule has 2 heterocycles. The number of nitrogens with zero attached hydrogens (tertiary/aromatic N) is 2. The standard InChI is InChI=1S/C9H13N5O2S2/c1-5(2)6-4-17-9(12-6)14-18(15,16)7-3-11-13-8(7)10/h3-5H,1-2H3,(H,12,14)(H3,10,11,13). The molecule has 0 fully saturated rings. The highest BCUT2D eigenvalue weighted by Gasteiger charge is 2.21. The van der Waals surface area contributed by atoms with E-state index in [0.29, 0.717) is 5.13 Å². The van der Waals surface area contributed by atoms with Gasteiger partial charge in [-0.05, 0) is 5.92 Å². The Kier molecular flexibility index (Phi) is 3.26. The van der Waals surface area contributed by atoms with Crippen LogP contribution in [0.3, 0.4) is 0 Å². The van der Waals surface area contributed by atoms with Gasteiger partial charge in [0.1, 0.15) is 10.7 Å². The molecule has 0 spiro atoms. The van der Waals surface area contributed by atoms with Crippen molar-refractivity contribution in [1.29, 1.82) is 0 Å². The van der Waals surface area contributed by atoms with Crippen LogP contribution in [0.5, 0.6) is 0 Å². The van der Waals surface area contributed by atoms with Crippen molar-refractivity contribution in [2.45, 2.75) is 24.7 Å². The van der Waals surface area contributed by atoms with E-state index in [0.717, 1.165) is 11.9 Å². The number of aromatic nitrogens is 3. The van der Waals surface area contributed by atoms with Crippen molar-refractivity contribution in [3.8, 4) is 0 Å². The molecular weight excluding hydrogens is 274 g/mol. The smallest absolute Gasteiger partial charge is 0.268 e. The van der Waals surface area contributed by atoms with Crippen LogP contribution in [-0.2, 0) is 10.0 Å². The Labute approximate surface area is 108 Å². The molecule has 2 aromatic heterocycles. The highest BCUT2D eigenvalue weighted by Crippen LogP contribution is 2.24.